The van der Waals surface area contributed by atoms with Crippen LogP contribution in [-0.2, 0) is 20.4 Å². The molecule has 8 nitrogen and oxygen atoms in total. The predicted octanol–water partition coefficient (Wildman–Crippen LogP) is 3.79. The van der Waals surface area contributed by atoms with Crippen LogP contribution in [0.1, 0.15) is 88.4 Å². The highest BCUT2D eigenvalue weighted by molar-refractivity contribution is 7.85. The predicted molar refractivity (Wildman–Crippen MR) is 143 cm³/mol. The third kappa shape index (κ3) is 5.25. The van der Waals surface area contributed by atoms with Crippen LogP contribution in [-0.4, -0.2) is 45.0 Å². The average Bonchev–Trinajstić information content (AvgIpc) is 3.29. The van der Waals surface area contributed by atoms with E-state index in [4.69, 9.17) is 5.73 Å². The van der Waals surface area contributed by atoms with E-state index in [0.717, 1.165) is 0 Å². The minimum absolute atomic E-state index is 0.00387. The molecular formula is C30H31NO7S. The molecule has 2 aliphatic rings. The zero-order valence-corrected chi connectivity index (χ0v) is 23.1. The maximum atomic E-state index is 13.4. The monoisotopic (exact) mass is 549 g/mol. The van der Waals surface area contributed by atoms with E-state index in [1.165, 1.54) is 36.4 Å². The second-order valence-electron chi connectivity index (χ2n) is 11.0. The number of Topliss-reactive ketones (excluding diaryl/α,β-unsaturated/α-hetero) is 6. The first-order valence-corrected chi connectivity index (χ1v) is 14.2. The topological polar surface area (TPSA) is 146 Å². The zero-order valence-electron chi connectivity index (χ0n) is 22.3. The molecule has 0 saturated carbocycles. The van der Waals surface area contributed by atoms with Gasteiger partial charge in [-0.15, -0.1) is 0 Å². The molecule has 0 bridgehead atoms. The summed E-state index contributed by atoms with van der Waals surface area (Å²) >= 11 is 0. The number of fused-ring (bicyclic) bond motifs is 2. The van der Waals surface area contributed by atoms with Crippen molar-refractivity contribution in [3.05, 3.63) is 58.7 Å². The molecule has 0 radical (unpaired) electrons. The van der Waals surface area contributed by atoms with Gasteiger partial charge in [0.25, 0.3) is 0 Å². The summed E-state index contributed by atoms with van der Waals surface area (Å²) in [6.07, 6.45) is 1.03. The van der Waals surface area contributed by atoms with Crippen LogP contribution in [0.25, 0.3) is 0 Å². The number of ketones is 6. The van der Waals surface area contributed by atoms with E-state index in [-0.39, 0.29) is 50.3 Å². The molecule has 4 rings (SSSR count). The first kappa shape index (κ1) is 28.6. The lowest BCUT2D eigenvalue weighted by atomic mass is 9.90. The molecule has 0 aromatic heterocycles. The number of hydrogen-bond acceptors (Lipinski definition) is 8. The van der Waals surface area contributed by atoms with Gasteiger partial charge in [-0.3, -0.25) is 28.8 Å². The van der Waals surface area contributed by atoms with Gasteiger partial charge in [0.05, 0.1) is 16.8 Å². The Morgan fingerprint density at radius 1 is 0.744 bits per heavy atom. The van der Waals surface area contributed by atoms with E-state index in [1.54, 1.807) is 0 Å². The fourth-order valence-electron chi connectivity index (χ4n) is 5.08. The molecule has 0 spiro atoms. The van der Waals surface area contributed by atoms with E-state index in [1.807, 2.05) is 27.7 Å². The minimum atomic E-state index is -1.88. The van der Waals surface area contributed by atoms with Crippen molar-refractivity contribution in [3.63, 3.8) is 0 Å². The molecule has 204 valence electrons. The van der Waals surface area contributed by atoms with Gasteiger partial charge in [0.1, 0.15) is 11.8 Å². The Balaban J connectivity index is 1.59. The van der Waals surface area contributed by atoms with Crippen molar-refractivity contribution in [1.82, 2.24) is 0 Å². The summed E-state index contributed by atoms with van der Waals surface area (Å²) < 4.78 is 13.4. The summed E-state index contributed by atoms with van der Waals surface area (Å²) in [5.41, 5.74) is 6.21. The maximum Gasteiger partial charge on any atom is 0.182 e. The molecule has 2 aromatic carbocycles. The van der Waals surface area contributed by atoms with Gasteiger partial charge in [-0.2, -0.15) is 0 Å². The van der Waals surface area contributed by atoms with Gasteiger partial charge in [-0.25, -0.2) is 4.21 Å². The van der Waals surface area contributed by atoms with Crippen molar-refractivity contribution >= 4 is 45.5 Å². The molecule has 0 heterocycles. The zero-order chi connectivity index (χ0) is 28.8. The van der Waals surface area contributed by atoms with Crippen molar-refractivity contribution in [3.8, 4) is 0 Å². The Morgan fingerprint density at radius 3 is 1.69 bits per heavy atom. The molecule has 2 aliphatic carbocycles. The van der Waals surface area contributed by atoms with Crippen LogP contribution in [0.3, 0.4) is 0 Å². The highest BCUT2D eigenvalue weighted by Gasteiger charge is 2.45. The molecule has 39 heavy (non-hydrogen) atoms. The van der Waals surface area contributed by atoms with Gasteiger partial charge in [0, 0.05) is 38.5 Å². The van der Waals surface area contributed by atoms with Gasteiger partial charge >= 0.3 is 0 Å². The lowest BCUT2D eigenvalue weighted by molar-refractivity contribution is -0.122. The number of hydrogen-bond donors (Lipinski definition) is 1. The van der Waals surface area contributed by atoms with Gasteiger partial charge in [0.15, 0.2) is 34.7 Å². The Kier molecular flexibility index (Phi) is 8.04. The number of carbonyl (C=O) groups excluding carboxylic acids is 6. The molecule has 4 unspecified atom stereocenters. The molecule has 0 amide bonds. The van der Waals surface area contributed by atoms with Crippen molar-refractivity contribution in [2.75, 3.05) is 0 Å². The largest absolute Gasteiger partial charge is 0.321 e. The summed E-state index contributed by atoms with van der Waals surface area (Å²) in [4.78, 5) is 77.6. The number of nitrogens with two attached hydrogens (primary N) is 1. The smallest absolute Gasteiger partial charge is 0.182 e. The van der Waals surface area contributed by atoms with Gasteiger partial charge in [0.2, 0.25) is 0 Å². The van der Waals surface area contributed by atoms with Gasteiger partial charge in [-0.1, -0.05) is 27.7 Å². The van der Waals surface area contributed by atoms with Crippen molar-refractivity contribution in [2.45, 2.75) is 62.8 Å². The van der Waals surface area contributed by atoms with Crippen LogP contribution in [0, 0.1) is 23.7 Å². The van der Waals surface area contributed by atoms with E-state index >= 15 is 0 Å². The average molecular weight is 550 g/mol. The summed E-state index contributed by atoms with van der Waals surface area (Å²) in [7, 11) is -1.88. The Labute approximate surface area is 229 Å². The lowest BCUT2D eigenvalue weighted by Gasteiger charge is -2.15. The van der Waals surface area contributed by atoms with Crippen LogP contribution < -0.4 is 5.73 Å². The number of carbonyl (C=O) groups is 6. The first-order valence-electron chi connectivity index (χ1n) is 13.0. The summed E-state index contributed by atoms with van der Waals surface area (Å²) in [6, 6.07) is 7.36. The third-order valence-electron chi connectivity index (χ3n) is 7.19. The normalized spacial score (nSPS) is 20.0. The molecule has 0 fully saturated rings. The Bertz CT molecular complexity index is 1460. The summed E-state index contributed by atoms with van der Waals surface area (Å²) in [6.45, 7) is 7.67. The lowest BCUT2D eigenvalue weighted by Crippen LogP contribution is -2.40. The fourth-order valence-corrected chi connectivity index (χ4v) is 6.18. The highest BCUT2D eigenvalue weighted by atomic mass is 32.2. The quantitative estimate of drug-likeness (QED) is 0.441. The van der Waals surface area contributed by atoms with E-state index in [2.05, 4.69) is 0 Å². The molecule has 9 heteroatoms. The highest BCUT2D eigenvalue weighted by Crippen LogP contribution is 2.34. The molecule has 2 aromatic rings. The van der Waals surface area contributed by atoms with Crippen LogP contribution in [0.2, 0.25) is 0 Å². The molecular weight excluding hydrogens is 518 g/mol. The minimum Gasteiger partial charge on any atom is -0.321 e. The van der Waals surface area contributed by atoms with Crippen molar-refractivity contribution in [2.24, 2.45) is 29.4 Å². The fraction of sp³-hybridized carbons (Fsp3) is 0.400. The summed E-state index contributed by atoms with van der Waals surface area (Å²) in [5, 5.41) is 0. The molecule has 0 aliphatic heterocycles. The second-order valence-corrected chi connectivity index (χ2v) is 12.5. The van der Waals surface area contributed by atoms with E-state index in [0.29, 0.717) is 12.8 Å². The van der Waals surface area contributed by atoms with Gasteiger partial charge < -0.3 is 5.73 Å². The van der Waals surface area contributed by atoms with Gasteiger partial charge in [-0.05, 0) is 61.1 Å². The van der Waals surface area contributed by atoms with Crippen molar-refractivity contribution in [1.29, 1.82) is 0 Å². The first-order chi connectivity index (χ1) is 18.3. The van der Waals surface area contributed by atoms with Crippen LogP contribution >= 0.6 is 0 Å². The summed E-state index contributed by atoms with van der Waals surface area (Å²) in [5.74, 6) is -6.01. The molecule has 4 atom stereocenters. The standard InChI is InChI=1S/C30H31NO7S/c1-14(2)5-10-23(32)24-26(33)18-8-6-16(12-20(18)28(24)35)39(38)17-7-9-19-21(13-17)29(36)25(27(19)34)30(37)22(31)11-15(3)4/h6-9,12-15,22,24-25H,5,10-11,31H2,1-4H3. The molecule has 2 N–H and O–H groups in total. The second kappa shape index (κ2) is 11.0. The maximum absolute atomic E-state index is 13.4. The Morgan fingerprint density at radius 2 is 1.21 bits per heavy atom. The third-order valence-corrected chi connectivity index (χ3v) is 8.55. The van der Waals surface area contributed by atoms with Crippen LogP contribution in [0.4, 0.5) is 0 Å². The van der Waals surface area contributed by atoms with E-state index < -0.39 is 63.4 Å². The Hall–Kier alpha value is -3.43. The van der Waals surface area contributed by atoms with Crippen molar-refractivity contribution < 1.29 is 33.0 Å². The molecule has 0 saturated heterocycles. The SMILES string of the molecule is CC(C)CCC(=O)C1C(=O)c2ccc(S(=O)c3ccc4c(c3)C(=O)C(C(=O)C(N)CC(C)C)C4=O)cc2C1=O. The number of rotatable bonds is 10. The van der Waals surface area contributed by atoms with Crippen LogP contribution in [0.5, 0.6) is 0 Å². The van der Waals surface area contributed by atoms with E-state index in [9.17, 15) is 33.0 Å². The van der Waals surface area contributed by atoms with Crippen LogP contribution in [0.15, 0.2) is 46.2 Å². The number of benzene rings is 2.